The first-order chi connectivity index (χ1) is 16.4. The molecule has 4 rings (SSSR count). The van der Waals surface area contributed by atoms with Crippen molar-refractivity contribution in [3.63, 3.8) is 0 Å². The van der Waals surface area contributed by atoms with E-state index in [-0.39, 0.29) is 34.0 Å². The van der Waals surface area contributed by atoms with Crippen molar-refractivity contribution in [2.45, 2.75) is 30.3 Å². The van der Waals surface area contributed by atoms with Crippen LogP contribution in [-0.2, 0) is 21.4 Å². The molecular weight excluding hydrogens is 454 g/mol. The standard InChI is InChI=1S/C25H27N3O5S/c1-33-24-12-6-5-10-20(24)27-34(31,32)19-13-14-23(29)21(16-19)26-25(30)22-11-7-15-28(22)17-18-8-3-2-4-9-18/h2-6,8-10,12-14,16,22,27,29H,7,11,15,17H2,1H3,(H,26,30)/t22-/m0/s1. The molecule has 1 saturated heterocycles. The Labute approximate surface area is 199 Å². The van der Waals surface area contributed by atoms with Gasteiger partial charge >= 0.3 is 0 Å². The van der Waals surface area contributed by atoms with Gasteiger partial charge in [0.05, 0.1) is 29.4 Å². The third kappa shape index (κ3) is 5.32. The molecule has 0 aliphatic carbocycles. The van der Waals surface area contributed by atoms with Gasteiger partial charge in [-0.2, -0.15) is 0 Å². The normalized spacial score (nSPS) is 16.2. The number of nitrogens with one attached hydrogen (secondary N) is 2. The summed E-state index contributed by atoms with van der Waals surface area (Å²) >= 11 is 0. The fraction of sp³-hybridized carbons (Fsp3) is 0.240. The molecule has 34 heavy (non-hydrogen) atoms. The van der Waals surface area contributed by atoms with Crippen LogP contribution in [0, 0.1) is 0 Å². The van der Waals surface area contributed by atoms with Crippen molar-refractivity contribution in [3.05, 3.63) is 78.4 Å². The molecule has 3 aromatic carbocycles. The summed E-state index contributed by atoms with van der Waals surface area (Å²) in [4.78, 5) is 15.0. The molecule has 3 aromatic rings. The number of likely N-dealkylation sites (tertiary alicyclic amines) is 1. The first kappa shape index (κ1) is 23.6. The summed E-state index contributed by atoms with van der Waals surface area (Å²) in [5.74, 6) is -0.119. The van der Waals surface area contributed by atoms with E-state index in [2.05, 4.69) is 14.9 Å². The van der Waals surface area contributed by atoms with Gasteiger partial charge in [0.15, 0.2) is 0 Å². The van der Waals surface area contributed by atoms with Crippen molar-refractivity contribution >= 4 is 27.3 Å². The molecule has 178 valence electrons. The number of hydrogen-bond donors (Lipinski definition) is 3. The first-order valence-electron chi connectivity index (χ1n) is 10.9. The Morgan fingerprint density at radius 1 is 1.06 bits per heavy atom. The summed E-state index contributed by atoms with van der Waals surface area (Å²) in [5, 5.41) is 13.0. The zero-order chi connectivity index (χ0) is 24.1. The van der Waals surface area contributed by atoms with E-state index < -0.39 is 10.0 Å². The number of ether oxygens (including phenoxy) is 1. The van der Waals surface area contributed by atoms with Gasteiger partial charge in [0.2, 0.25) is 5.91 Å². The summed E-state index contributed by atoms with van der Waals surface area (Å²) in [5.41, 5.74) is 1.44. The fourth-order valence-electron chi connectivity index (χ4n) is 4.06. The molecule has 1 atom stereocenters. The van der Waals surface area contributed by atoms with Crippen LogP contribution >= 0.6 is 0 Å². The maximum atomic E-state index is 13.1. The molecule has 0 aromatic heterocycles. The second-order valence-electron chi connectivity index (χ2n) is 8.09. The third-order valence-corrected chi connectivity index (χ3v) is 7.15. The molecule has 1 heterocycles. The summed E-state index contributed by atoms with van der Waals surface area (Å²) in [6.45, 7) is 1.43. The number of phenols is 1. The molecule has 3 N–H and O–H groups in total. The number of benzene rings is 3. The van der Waals surface area contributed by atoms with Crippen LogP contribution in [0.4, 0.5) is 11.4 Å². The van der Waals surface area contributed by atoms with Crippen molar-refractivity contribution in [3.8, 4) is 11.5 Å². The van der Waals surface area contributed by atoms with Crippen LogP contribution in [0.3, 0.4) is 0 Å². The molecule has 0 radical (unpaired) electrons. The van der Waals surface area contributed by atoms with Gasteiger partial charge in [0, 0.05) is 6.54 Å². The molecule has 8 nitrogen and oxygen atoms in total. The van der Waals surface area contributed by atoms with Crippen LogP contribution in [0.1, 0.15) is 18.4 Å². The summed E-state index contributed by atoms with van der Waals surface area (Å²) in [6, 6.07) is 20.0. The maximum absolute atomic E-state index is 13.1. The molecule has 9 heteroatoms. The molecule has 0 spiro atoms. The zero-order valence-electron chi connectivity index (χ0n) is 18.8. The number of amides is 1. The molecule has 1 aliphatic rings. The topological polar surface area (TPSA) is 108 Å². The monoisotopic (exact) mass is 481 g/mol. The van der Waals surface area contributed by atoms with Crippen LogP contribution in [0.2, 0.25) is 0 Å². The highest BCUT2D eigenvalue weighted by Gasteiger charge is 2.31. The predicted octanol–water partition coefficient (Wildman–Crippen LogP) is 3.80. The van der Waals surface area contributed by atoms with E-state index in [1.807, 2.05) is 30.3 Å². The van der Waals surface area contributed by atoms with Gasteiger partial charge in [-0.05, 0) is 55.3 Å². The number of carbonyl (C=O) groups is 1. The van der Waals surface area contributed by atoms with Gasteiger partial charge in [-0.25, -0.2) is 8.42 Å². The lowest BCUT2D eigenvalue weighted by Gasteiger charge is -2.24. The quantitative estimate of drug-likeness (QED) is 0.423. The Morgan fingerprint density at radius 2 is 1.79 bits per heavy atom. The number of hydrogen-bond acceptors (Lipinski definition) is 6. The second-order valence-corrected chi connectivity index (χ2v) is 9.77. The third-order valence-electron chi connectivity index (χ3n) is 5.78. The van der Waals surface area contributed by atoms with Crippen molar-refractivity contribution in [1.82, 2.24) is 4.90 Å². The van der Waals surface area contributed by atoms with E-state index in [1.54, 1.807) is 24.3 Å². The van der Waals surface area contributed by atoms with E-state index in [4.69, 9.17) is 4.74 Å². The fourth-order valence-corrected chi connectivity index (χ4v) is 5.16. The maximum Gasteiger partial charge on any atom is 0.262 e. The lowest BCUT2D eigenvalue weighted by atomic mass is 10.1. The van der Waals surface area contributed by atoms with Crippen molar-refractivity contribution < 1.29 is 23.1 Å². The number of aromatic hydroxyl groups is 1. The summed E-state index contributed by atoms with van der Waals surface area (Å²) < 4.78 is 33.6. The van der Waals surface area contributed by atoms with Crippen LogP contribution < -0.4 is 14.8 Å². The molecule has 0 unspecified atom stereocenters. The second kappa shape index (κ2) is 10.1. The molecule has 1 fully saturated rings. The van der Waals surface area contributed by atoms with Gasteiger partial charge < -0.3 is 15.2 Å². The Kier molecular flexibility index (Phi) is 7.04. The van der Waals surface area contributed by atoms with Gasteiger partial charge in [0.25, 0.3) is 10.0 Å². The van der Waals surface area contributed by atoms with Gasteiger partial charge in [-0.15, -0.1) is 0 Å². The Hall–Kier alpha value is -3.56. The smallest absolute Gasteiger partial charge is 0.262 e. The van der Waals surface area contributed by atoms with E-state index in [0.29, 0.717) is 18.7 Å². The minimum Gasteiger partial charge on any atom is -0.506 e. The van der Waals surface area contributed by atoms with Crippen LogP contribution in [0.25, 0.3) is 0 Å². The molecular formula is C25H27N3O5S. The van der Waals surface area contributed by atoms with Crippen molar-refractivity contribution in [2.75, 3.05) is 23.7 Å². The lowest BCUT2D eigenvalue weighted by molar-refractivity contribution is -0.120. The van der Waals surface area contributed by atoms with Gasteiger partial charge in [-0.3, -0.25) is 14.4 Å². The number of carbonyl (C=O) groups excluding carboxylic acids is 1. The van der Waals surface area contributed by atoms with Crippen LogP contribution in [-0.4, -0.2) is 44.0 Å². The number of sulfonamides is 1. The Bertz CT molecular complexity index is 1260. The van der Waals surface area contributed by atoms with Crippen LogP contribution in [0.5, 0.6) is 11.5 Å². The van der Waals surface area contributed by atoms with Gasteiger partial charge in [-0.1, -0.05) is 42.5 Å². The number of para-hydroxylation sites is 2. The van der Waals surface area contributed by atoms with Crippen molar-refractivity contribution in [1.29, 1.82) is 0 Å². The summed E-state index contributed by atoms with van der Waals surface area (Å²) in [6.07, 6.45) is 1.57. The molecule has 0 bridgehead atoms. The zero-order valence-corrected chi connectivity index (χ0v) is 19.6. The first-order valence-corrected chi connectivity index (χ1v) is 12.4. The molecule has 1 aliphatic heterocycles. The number of anilines is 2. The van der Waals surface area contributed by atoms with E-state index in [9.17, 15) is 18.3 Å². The number of methoxy groups -OCH3 is 1. The average Bonchev–Trinajstić information content (AvgIpc) is 3.29. The minimum absolute atomic E-state index is 0.0412. The highest BCUT2D eigenvalue weighted by atomic mass is 32.2. The SMILES string of the molecule is COc1ccccc1NS(=O)(=O)c1ccc(O)c(NC(=O)[C@@H]2CCCN2Cc2ccccc2)c1. The summed E-state index contributed by atoms with van der Waals surface area (Å²) in [7, 11) is -2.54. The predicted molar refractivity (Wildman–Crippen MR) is 130 cm³/mol. The van der Waals surface area contributed by atoms with E-state index >= 15 is 0 Å². The molecule has 0 saturated carbocycles. The van der Waals surface area contributed by atoms with Crippen molar-refractivity contribution in [2.24, 2.45) is 0 Å². The largest absolute Gasteiger partial charge is 0.506 e. The highest BCUT2D eigenvalue weighted by molar-refractivity contribution is 7.92. The number of phenolic OH excluding ortho intramolecular Hbond substituents is 1. The Morgan fingerprint density at radius 3 is 2.56 bits per heavy atom. The van der Waals surface area contributed by atoms with E-state index in [1.165, 1.54) is 25.3 Å². The lowest BCUT2D eigenvalue weighted by Crippen LogP contribution is -2.39. The molecule has 1 amide bonds. The Balaban J connectivity index is 1.51. The van der Waals surface area contributed by atoms with Gasteiger partial charge in [0.1, 0.15) is 11.5 Å². The van der Waals surface area contributed by atoms with E-state index in [0.717, 1.165) is 18.5 Å². The average molecular weight is 482 g/mol. The minimum atomic E-state index is -3.99. The number of rotatable bonds is 8. The highest BCUT2D eigenvalue weighted by Crippen LogP contribution is 2.31. The number of nitrogens with zero attached hydrogens (tertiary/aromatic N) is 1. The van der Waals surface area contributed by atoms with Crippen LogP contribution in [0.15, 0.2) is 77.7 Å².